The number of phenolic OH excluding ortho intramolecular Hbond substituents is 3. The summed E-state index contributed by atoms with van der Waals surface area (Å²) in [5, 5.41) is 29.3. The average Bonchev–Trinajstić information content (AvgIpc) is 2.45. The second kappa shape index (κ2) is 6.68. The maximum atomic E-state index is 10.0. The van der Waals surface area contributed by atoms with Crippen LogP contribution in [0.5, 0.6) is 17.2 Å². The van der Waals surface area contributed by atoms with E-state index in [0.29, 0.717) is 11.1 Å². The molecule has 0 aliphatic carbocycles. The first-order chi connectivity index (χ1) is 10.5. The molecule has 0 amide bonds. The summed E-state index contributed by atoms with van der Waals surface area (Å²) in [6.45, 7) is 5.57. The van der Waals surface area contributed by atoms with Crippen molar-refractivity contribution < 1.29 is 15.3 Å². The molecule has 0 heterocycles. The van der Waals surface area contributed by atoms with Crippen molar-refractivity contribution in [3.63, 3.8) is 0 Å². The number of allylic oxidation sites excluding steroid dienone is 2. The van der Waals surface area contributed by atoms with Gasteiger partial charge in [0, 0.05) is 0 Å². The number of phenols is 3. The zero-order valence-corrected chi connectivity index (χ0v) is 12.3. The summed E-state index contributed by atoms with van der Waals surface area (Å²) in [6.07, 6.45) is 6.95. The summed E-state index contributed by atoms with van der Waals surface area (Å²) in [5.74, 6) is 0.215. The highest BCUT2D eigenvalue weighted by atomic mass is 16.3. The Morgan fingerprint density at radius 2 is 1.41 bits per heavy atom. The van der Waals surface area contributed by atoms with Gasteiger partial charge in [-0.2, -0.15) is 0 Å². The largest absolute Gasteiger partial charge is 0.508 e. The van der Waals surface area contributed by atoms with Crippen LogP contribution in [-0.4, -0.2) is 15.3 Å². The molecule has 0 bridgehead atoms. The molecule has 0 aromatic heterocycles. The van der Waals surface area contributed by atoms with Crippen molar-refractivity contribution in [3.05, 3.63) is 71.3 Å². The fraction of sp³-hybridized carbons (Fsp3) is 0.0526. The fourth-order valence-electron chi connectivity index (χ4n) is 1.91. The lowest BCUT2D eigenvalue weighted by Gasteiger charge is -2.05. The molecule has 22 heavy (non-hydrogen) atoms. The first-order valence-corrected chi connectivity index (χ1v) is 6.82. The average molecular weight is 294 g/mol. The van der Waals surface area contributed by atoms with Gasteiger partial charge in [0.2, 0.25) is 0 Å². The van der Waals surface area contributed by atoms with Crippen LogP contribution in [0.2, 0.25) is 0 Å². The van der Waals surface area contributed by atoms with Gasteiger partial charge in [0.05, 0.1) is 5.56 Å². The van der Waals surface area contributed by atoms with Gasteiger partial charge in [-0.25, -0.2) is 0 Å². The zero-order chi connectivity index (χ0) is 16.1. The standard InChI is InChI=1S/C19H18O3/c1-13(2)3-10-17-18(21)11-15(12-19(17)22)5-4-14-6-8-16(20)9-7-14/h3-12,20-22H,1H2,2H3/b5-4+,10-3+. The predicted molar refractivity (Wildman–Crippen MR) is 90.7 cm³/mol. The highest BCUT2D eigenvalue weighted by Crippen LogP contribution is 2.31. The van der Waals surface area contributed by atoms with Gasteiger partial charge in [0.15, 0.2) is 0 Å². The van der Waals surface area contributed by atoms with Gasteiger partial charge in [-0.05, 0) is 48.4 Å². The predicted octanol–water partition coefficient (Wildman–Crippen LogP) is 4.56. The number of rotatable bonds is 4. The van der Waals surface area contributed by atoms with Crippen molar-refractivity contribution in [2.45, 2.75) is 6.92 Å². The smallest absolute Gasteiger partial charge is 0.127 e. The van der Waals surface area contributed by atoms with E-state index in [-0.39, 0.29) is 17.2 Å². The maximum Gasteiger partial charge on any atom is 0.127 e. The summed E-state index contributed by atoms with van der Waals surface area (Å²) in [4.78, 5) is 0. The van der Waals surface area contributed by atoms with E-state index in [1.54, 1.807) is 54.6 Å². The van der Waals surface area contributed by atoms with Crippen molar-refractivity contribution in [1.82, 2.24) is 0 Å². The van der Waals surface area contributed by atoms with Gasteiger partial charge in [-0.3, -0.25) is 0 Å². The second-order valence-electron chi connectivity index (χ2n) is 5.08. The van der Waals surface area contributed by atoms with E-state index in [1.807, 2.05) is 13.0 Å². The molecule has 2 rings (SSSR count). The molecule has 3 N–H and O–H groups in total. The van der Waals surface area contributed by atoms with Crippen LogP contribution >= 0.6 is 0 Å². The Labute approximate surface area is 129 Å². The SMILES string of the molecule is C=C(C)/C=C/c1c(O)cc(/C=C/c2ccc(O)cc2)cc1O. The Balaban J connectivity index is 2.26. The Morgan fingerprint density at radius 1 is 0.864 bits per heavy atom. The van der Waals surface area contributed by atoms with Crippen molar-refractivity contribution in [3.8, 4) is 17.2 Å². The Morgan fingerprint density at radius 3 is 1.95 bits per heavy atom. The number of hydrogen-bond acceptors (Lipinski definition) is 3. The molecular weight excluding hydrogens is 276 g/mol. The van der Waals surface area contributed by atoms with E-state index in [4.69, 9.17) is 0 Å². The third-order valence-corrected chi connectivity index (χ3v) is 3.05. The first-order valence-electron chi connectivity index (χ1n) is 6.82. The van der Waals surface area contributed by atoms with Crippen molar-refractivity contribution in [1.29, 1.82) is 0 Å². The minimum atomic E-state index is 0.00264. The van der Waals surface area contributed by atoms with Crippen LogP contribution in [0.25, 0.3) is 18.2 Å². The lowest BCUT2D eigenvalue weighted by atomic mass is 10.1. The van der Waals surface area contributed by atoms with E-state index in [0.717, 1.165) is 11.1 Å². The molecule has 0 radical (unpaired) electrons. The fourth-order valence-corrected chi connectivity index (χ4v) is 1.91. The van der Waals surface area contributed by atoms with Gasteiger partial charge in [-0.1, -0.05) is 42.5 Å². The second-order valence-corrected chi connectivity index (χ2v) is 5.08. The molecular formula is C19H18O3. The van der Waals surface area contributed by atoms with E-state index >= 15 is 0 Å². The number of benzene rings is 2. The Kier molecular flexibility index (Phi) is 4.69. The quantitative estimate of drug-likeness (QED) is 0.572. The summed E-state index contributed by atoms with van der Waals surface area (Å²) >= 11 is 0. The van der Waals surface area contributed by atoms with Crippen LogP contribution in [0.15, 0.2) is 54.6 Å². The normalized spacial score (nSPS) is 11.3. The van der Waals surface area contributed by atoms with Gasteiger partial charge in [0.1, 0.15) is 17.2 Å². The Hall–Kier alpha value is -2.94. The Bertz CT molecular complexity index is 715. The number of hydrogen-bond donors (Lipinski definition) is 3. The van der Waals surface area contributed by atoms with E-state index in [1.165, 1.54) is 0 Å². The lowest BCUT2D eigenvalue weighted by Crippen LogP contribution is -1.81. The van der Waals surface area contributed by atoms with Crippen LogP contribution in [0.4, 0.5) is 0 Å². The monoisotopic (exact) mass is 294 g/mol. The van der Waals surface area contributed by atoms with Gasteiger partial charge >= 0.3 is 0 Å². The topological polar surface area (TPSA) is 60.7 Å². The van der Waals surface area contributed by atoms with Crippen molar-refractivity contribution in [2.24, 2.45) is 0 Å². The van der Waals surface area contributed by atoms with Gasteiger partial charge in [0.25, 0.3) is 0 Å². The van der Waals surface area contributed by atoms with Crippen molar-refractivity contribution >= 4 is 18.2 Å². The third kappa shape index (κ3) is 4.03. The van der Waals surface area contributed by atoms with Crippen LogP contribution in [-0.2, 0) is 0 Å². The van der Waals surface area contributed by atoms with Crippen LogP contribution in [0, 0.1) is 0 Å². The third-order valence-electron chi connectivity index (χ3n) is 3.05. The van der Waals surface area contributed by atoms with E-state index in [9.17, 15) is 15.3 Å². The maximum absolute atomic E-state index is 10.0. The van der Waals surface area contributed by atoms with Gasteiger partial charge < -0.3 is 15.3 Å². The minimum Gasteiger partial charge on any atom is -0.508 e. The van der Waals surface area contributed by atoms with Crippen LogP contribution in [0.3, 0.4) is 0 Å². The molecule has 0 unspecified atom stereocenters. The molecule has 0 atom stereocenters. The van der Waals surface area contributed by atoms with Crippen molar-refractivity contribution in [2.75, 3.05) is 0 Å². The summed E-state index contributed by atoms with van der Waals surface area (Å²) in [5.41, 5.74) is 2.78. The molecule has 0 aliphatic heterocycles. The van der Waals surface area contributed by atoms with Crippen LogP contribution < -0.4 is 0 Å². The first kappa shape index (κ1) is 15.4. The highest BCUT2D eigenvalue weighted by molar-refractivity contribution is 5.74. The summed E-state index contributed by atoms with van der Waals surface area (Å²) in [6, 6.07) is 9.90. The summed E-state index contributed by atoms with van der Waals surface area (Å²) in [7, 11) is 0. The zero-order valence-electron chi connectivity index (χ0n) is 12.3. The number of aromatic hydroxyl groups is 3. The van der Waals surface area contributed by atoms with Crippen LogP contribution in [0.1, 0.15) is 23.6 Å². The molecule has 2 aromatic rings. The molecule has 0 saturated carbocycles. The van der Waals surface area contributed by atoms with E-state index in [2.05, 4.69) is 6.58 Å². The molecule has 3 nitrogen and oxygen atoms in total. The molecule has 0 spiro atoms. The lowest BCUT2D eigenvalue weighted by molar-refractivity contribution is 0.448. The van der Waals surface area contributed by atoms with Gasteiger partial charge in [-0.15, -0.1) is 0 Å². The highest BCUT2D eigenvalue weighted by Gasteiger charge is 2.05. The van der Waals surface area contributed by atoms with E-state index < -0.39 is 0 Å². The molecule has 0 aliphatic rings. The molecule has 112 valence electrons. The molecule has 3 heteroatoms. The molecule has 0 fully saturated rings. The minimum absolute atomic E-state index is 0.00264. The molecule has 2 aromatic carbocycles. The molecule has 0 saturated heterocycles. The summed E-state index contributed by atoms with van der Waals surface area (Å²) < 4.78 is 0.